The molecule has 0 aliphatic carbocycles. The zero-order valence-electron chi connectivity index (χ0n) is 17.4. The lowest BCUT2D eigenvalue weighted by molar-refractivity contribution is -0.139. The van der Waals surface area contributed by atoms with Gasteiger partial charge in [0, 0.05) is 19.0 Å². The average molecular weight is 403 g/mol. The molecule has 8 nitrogen and oxygen atoms in total. The largest absolute Gasteiger partial charge is 0.481 e. The Labute approximate surface area is 170 Å². The fraction of sp³-hybridized carbons (Fsp3) is 0.900. The van der Waals surface area contributed by atoms with Gasteiger partial charge in [0.05, 0.1) is 6.42 Å². The molecular weight excluding hydrogens is 360 g/mol. The summed E-state index contributed by atoms with van der Waals surface area (Å²) in [4.78, 5) is 23.1. The molecule has 8 heteroatoms. The van der Waals surface area contributed by atoms with Crippen LogP contribution in [0.5, 0.6) is 0 Å². The van der Waals surface area contributed by atoms with Crippen LogP contribution >= 0.6 is 0 Å². The summed E-state index contributed by atoms with van der Waals surface area (Å²) in [5.74, 6) is -1.56. The third-order valence-corrected chi connectivity index (χ3v) is 4.92. The molecule has 0 radical (unpaired) electrons. The third kappa shape index (κ3) is 16.9. The van der Waals surface area contributed by atoms with Crippen molar-refractivity contribution in [3.8, 4) is 0 Å². The van der Waals surface area contributed by atoms with Crippen molar-refractivity contribution < 1.29 is 19.8 Å². The molecule has 0 aromatic rings. The van der Waals surface area contributed by atoms with Gasteiger partial charge in [-0.3, -0.25) is 14.5 Å². The number of likely N-dealkylation sites (tertiary alicyclic amines) is 1. The van der Waals surface area contributed by atoms with Gasteiger partial charge in [0.1, 0.15) is 0 Å². The first-order chi connectivity index (χ1) is 13.5. The number of carboxylic acids is 2. The van der Waals surface area contributed by atoms with Crippen LogP contribution < -0.4 is 16.8 Å². The van der Waals surface area contributed by atoms with Crippen LogP contribution in [0.15, 0.2) is 0 Å². The number of unbranched alkanes of at least 4 members (excludes halogenated alkanes) is 1. The van der Waals surface area contributed by atoms with E-state index in [1.165, 1.54) is 32.4 Å². The third-order valence-electron chi connectivity index (χ3n) is 4.92. The quantitative estimate of drug-likeness (QED) is 0.366. The number of rotatable bonds is 9. The van der Waals surface area contributed by atoms with Gasteiger partial charge in [-0.2, -0.15) is 0 Å². The van der Waals surface area contributed by atoms with E-state index in [-0.39, 0.29) is 18.9 Å². The summed E-state index contributed by atoms with van der Waals surface area (Å²) in [6.45, 7) is 5.49. The lowest BCUT2D eigenvalue weighted by atomic mass is 9.98. The molecule has 2 heterocycles. The molecule has 0 spiro atoms. The van der Waals surface area contributed by atoms with Gasteiger partial charge in [-0.1, -0.05) is 12.8 Å². The fourth-order valence-corrected chi connectivity index (χ4v) is 3.30. The molecule has 2 aliphatic rings. The minimum atomic E-state index is -0.789. The number of hydrogen-bond acceptors (Lipinski definition) is 6. The summed E-state index contributed by atoms with van der Waals surface area (Å²) < 4.78 is 0. The monoisotopic (exact) mass is 402 g/mol. The molecule has 0 bridgehead atoms. The van der Waals surface area contributed by atoms with Crippen molar-refractivity contribution in [2.24, 2.45) is 11.5 Å². The van der Waals surface area contributed by atoms with Crippen LogP contribution in [0.4, 0.5) is 0 Å². The van der Waals surface area contributed by atoms with Gasteiger partial charge in [-0.05, 0) is 77.7 Å². The van der Waals surface area contributed by atoms with Crippen molar-refractivity contribution >= 4 is 11.9 Å². The smallest absolute Gasteiger partial charge is 0.304 e. The van der Waals surface area contributed by atoms with Crippen molar-refractivity contribution in [3.63, 3.8) is 0 Å². The van der Waals surface area contributed by atoms with E-state index in [4.69, 9.17) is 21.7 Å². The molecule has 166 valence electrons. The van der Waals surface area contributed by atoms with E-state index in [0.29, 0.717) is 13.0 Å². The predicted octanol–water partition coefficient (Wildman–Crippen LogP) is 1.62. The normalized spacial score (nSPS) is 19.6. The summed E-state index contributed by atoms with van der Waals surface area (Å²) in [5, 5.41) is 20.5. The second-order valence-corrected chi connectivity index (χ2v) is 7.36. The molecule has 1 atom stereocenters. The van der Waals surface area contributed by atoms with Crippen LogP contribution in [0.1, 0.15) is 70.6 Å². The fourth-order valence-electron chi connectivity index (χ4n) is 3.30. The Morgan fingerprint density at radius 1 is 0.893 bits per heavy atom. The number of hydrogen-bond donors (Lipinski definition) is 5. The standard InChI is InChI=1S/C11H19NO4.C5H11N.C4H12N2/c13-10(14)5-4-9-3-1-2-7-12(9)8-6-11(15)16;1-2-4-6-5-3-1;5-3-1-2-4-6/h9H,1-8H2,(H,13,14)(H,15,16);6H,1-5H2;1-6H2. The van der Waals surface area contributed by atoms with Crippen molar-refractivity contribution in [2.45, 2.75) is 76.7 Å². The first-order valence-electron chi connectivity index (χ1n) is 10.8. The number of carboxylic acid groups (broad SMARTS) is 2. The molecule has 0 aromatic carbocycles. The Balaban J connectivity index is 0.000000495. The Morgan fingerprint density at radius 2 is 1.50 bits per heavy atom. The van der Waals surface area contributed by atoms with Gasteiger partial charge in [0.15, 0.2) is 0 Å². The van der Waals surface area contributed by atoms with Crippen LogP contribution in [0.2, 0.25) is 0 Å². The Morgan fingerprint density at radius 3 is 1.93 bits per heavy atom. The van der Waals surface area contributed by atoms with E-state index in [1.807, 2.05) is 0 Å². The lowest BCUT2D eigenvalue weighted by Crippen LogP contribution is -2.40. The number of nitrogens with two attached hydrogens (primary N) is 2. The maximum absolute atomic E-state index is 10.5. The summed E-state index contributed by atoms with van der Waals surface area (Å²) in [7, 11) is 0. The zero-order chi connectivity index (χ0) is 21.0. The van der Waals surface area contributed by atoms with Crippen molar-refractivity contribution in [2.75, 3.05) is 39.3 Å². The van der Waals surface area contributed by atoms with Crippen LogP contribution in [0, 0.1) is 0 Å². The van der Waals surface area contributed by atoms with Gasteiger partial charge in [-0.25, -0.2) is 0 Å². The Bertz CT molecular complexity index is 351. The summed E-state index contributed by atoms with van der Waals surface area (Å²) >= 11 is 0. The maximum Gasteiger partial charge on any atom is 0.304 e. The highest BCUT2D eigenvalue weighted by molar-refractivity contribution is 5.67. The number of piperidine rings is 2. The van der Waals surface area contributed by atoms with Crippen LogP contribution in [-0.4, -0.2) is 72.4 Å². The molecule has 2 rings (SSSR count). The van der Waals surface area contributed by atoms with Crippen molar-refractivity contribution in [1.82, 2.24) is 10.2 Å². The second-order valence-electron chi connectivity index (χ2n) is 7.36. The van der Waals surface area contributed by atoms with E-state index in [2.05, 4.69) is 10.2 Å². The highest BCUT2D eigenvalue weighted by Crippen LogP contribution is 2.20. The molecular formula is C20H42N4O4. The molecule has 0 saturated carbocycles. The number of carbonyl (C=O) groups is 2. The van der Waals surface area contributed by atoms with Crippen LogP contribution in [0.3, 0.4) is 0 Å². The minimum Gasteiger partial charge on any atom is -0.481 e. The second kappa shape index (κ2) is 19.1. The topological polar surface area (TPSA) is 142 Å². The first-order valence-corrected chi connectivity index (χ1v) is 10.8. The number of aliphatic carboxylic acids is 2. The number of nitrogens with zero attached hydrogens (tertiary/aromatic N) is 1. The van der Waals surface area contributed by atoms with E-state index in [9.17, 15) is 9.59 Å². The van der Waals surface area contributed by atoms with Gasteiger partial charge >= 0.3 is 11.9 Å². The first kappa shape index (κ1) is 26.8. The molecule has 28 heavy (non-hydrogen) atoms. The van der Waals surface area contributed by atoms with E-state index >= 15 is 0 Å². The van der Waals surface area contributed by atoms with Gasteiger partial charge in [0.25, 0.3) is 0 Å². The van der Waals surface area contributed by atoms with Crippen molar-refractivity contribution in [3.05, 3.63) is 0 Å². The highest BCUT2D eigenvalue weighted by atomic mass is 16.4. The van der Waals surface area contributed by atoms with Gasteiger partial charge < -0.3 is 27.0 Å². The molecule has 7 N–H and O–H groups in total. The summed E-state index contributed by atoms with van der Waals surface area (Å²) in [6, 6.07) is 0.254. The Hall–Kier alpha value is -1.22. The van der Waals surface area contributed by atoms with Crippen molar-refractivity contribution in [1.29, 1.82) is 0 Å². The summed E-state index contributed by atoms with van der Waals surface area (Å²) in [6.07, 6.45) is 10.5. The predicted molar refractivity (Wildman–Crippen MR) is 112 cm³/mol. The van der Waals surface area contributed by atoms with Crippen LogP contribution in [-0.2, 0) is 9.59 Å². The summed E-state index contributed by atoms with van der Waals surface area (Å²) in [5.41, 5.74) is 10.3. The average Bonchev–Trinajstić information content (AvgIpc) is 2.72. The Kier molecular flexibility index (Phi) is 18.3. The zero-order valence-corrected chi connectivity index (χ0v) is 17.4. The lowest BCUT2D eigenvalue weighted by Gasteiger charge is -2.35. The molecule has 2 saturated heterocycles. The molecule has 1 unspecified atom stereocenters. The van der Waals surface area contributed by atoms with Gasteiger partial charge in [0.2, 0.25) is 0 Å². The van der Waals surface area contributed by atoms with Gasteiger partial charge in [-0.15, -0.1) is 0 Å². The van der Waals surface area contributed by atoms with E-state index < -0.39 is 11.9 Å². The molecule has 0 aromatic heterocycles. The molecule has 0 amide bonds. The highest BCUT2D eigenvalue weighted by Gasteiger charge is 2.23. The number of nitrogens with one attached hydrogen (secondary N) is 1. The molecule has 2 aliphatic heterocycles. The SMILES string of the molecule is C1CCNCC1.NCCCCN.O=C(O)CCC1CCCCN1CCC(=O)O. The minimum absolute atomic E-state index is 0.142. The maximum atomic E-state index is 10.5. The van der Waals surface area contributed by atoms with Crippen LogP contribution in [0.25, 0.3) is 0 Å². The molecule has 2 fully saturated rings. The van der Waals surface area contributed by atoms with E-state index in [1.54, 1.807) is 0 Å². The van der Waals surface area contributed by atoms with E-state index in [0.717, 1.165) is 51.7 Å².